The molecule has 1 atom stereocenters. The highest BCUT2D eigenvalue weighted by atomic mass is 32.1. The Hall–Kier alpha value is -3.28. The Balaban J connectivity index is 0.000000451. The summed E-state index contributed by atoms with van der Waals surface area (Å²) in [6.45, 7) is 3.31. The minimum absolute atomic E-state index is 0.170. The van der Waals surface area contributed by atoms with Crippen molar-refractivity contribution in [3.05, 3.63) is 58.7 Å². The molecule has 0 aliphatic heterocycles. The highest BCUT2D eigenvalue weighted by Crippen LogP contribution is 2.22. The van der Waals surface area contributed by atoms with Crippen molar-refractivity contribution in [3.63, 3.8) is 0 Å². The zero-order valence-electron chi connectivity index (χ0n) is 15.0. The summed E-state index contributed by atoms with van der Waals surface area (Å²) in [5.41, 5.74) is 9.94. The minimum Gasteiger partial charge on any atom is -0.381 e. The van der Waals surface area contributed by atoms with Crippen LogP contribution in [-0.4, -0.2) is 31.9 Å². The van der Waals surface area contributed by atoms with Crippen LogP contribution in [0.25, 0.3) is 0 Å². The summed E-state index contributed by atoms with van der Waals surface area (Å²) in [6.07, 6.45) is 2.63. The fourth-order valence-corrected chi connectivity index (χ4v) is 2.35. The van der Waals surface area contributed by atoms with Gasteiger partial charge in [0.25, 0.3) is 0 Å². The highest BCUT2D eigenvalue weighted by Gasteiger charge is 2.07. The Kier molecular flexibility index (Phi) is 7.43. The lowest BCUT2D eigenvalue weighted by Crippen LogP contribution is -2.04. The van der Waals surface area contributed by atoms with Crippen LogP contribution in [0.15, 0.2) is 47.5 Å². The van der Waals surface area contributed by atoms with Crippen molar-refractivity contribution in [1.29, 1.82) is 5.41 Å². The van der Waals surface area contributed by atoms with Gasteiger partial charge in [-0.1, -0.05) is 11.8 Å². The molecule has 0 aliphatic rings. The Morgan fingerprint density at radius 2 is 2.15 bits per heavy atom. The van der Waals surface area contributed by atoms with E-state index >= 15 is 0 Å². The van der Waals surface area contributed by atoms with Gasteiger partial charge in [0.05, 0.1) is 5.51 Å². The number of anilines is 3. The molecule has 3 rings (SSSR count). The fraction of sp³-hybridized carbons (Fsp3) is 0.158. The second-order valence-electron chi connectivity index (χ2n) is 5.43. The monoisotopic (exact) mass is 380 g/mol. The van der Waals surface area contributed by atoms with Gasteiger partial charge in [0.15, 0.2) is 0 Å². The zero-order chi connectivity index (χ0) is 19.6. The molecule has 2 heterocycles. The first-order valence-corrected chi connectivity index (χ1v) is 8.97. The van der Waals surface area contributed by atoms with Gasteiger partial charge in [0, 0.05) is 40.3 Å². The van der Waals surface area contributed by atoms with E-state index in [1.807, 2.05) is 11.4 Å². The number of aromatic nitrogens is 3. The van der Waals surface area contributed by atoms with Crippen molar-refractivity contribution in [2.75, 3.05) is 11.1 Å². The van der Waals surface area contributed by atoms with Crippen molar-refractivity contribution in [3.8, 4) is 11.8 Å². The molecule has 1 aromatic carbocycles. The number of benzene rings is 1. The molecular weight excluding hydrogens is 360 g/mol. The van der Waals surface area contributed by atoms with Crippen molar-refractivity contribution in [1.82, 2.24) is 15.0 Å². The normalized spacial score (nSPS) is 10.6. The SMILES string of the molecule is CC(=N)c1ccc(C#CC(C)O)cc1Nc1ccnc(N)n1.c1cscn1. The molecule has 1 unspecified atom stereocenters. The van der Waals surface area contributed by atoms with E-state index < -0.39 is 6.10 Å². The van der Waals surface area contributed by atoms with Crippen LogP contribution in [0.4, 0.5) is 17.5 Å². The molecule has 0 radical (unpaired) electrons. The van der Waals surface area contributed by atoms with Gasteiger partial charge in [0.2, 0.25) is 5.95 Å². The van der Waals surface area contributed by atoms with E-state index in [2.05, 4.69) is 32.1 Å². The van der Waals surface area contributed by atoms with Crippen LogP contribution in [0.3, 0.4) is 0 Å². The number of nitrogen functional groups attached to an aromatic ring is 1. The molecule has 138 valence electrons. The van der Waals surface area contributed by atoms with Crippen molar-refractivity contribution in [2.24, 2.45) is 0 Å². The maximum absolute atomic E-state index is 9.24. The zero-order valence-corrected chi connectivity index (χ0v) is 15.8. The Morgan fingerprint density at radius 3 is 2.70 bits per heavy atom. The molecule has 0 saturated carbocycles. The van der Waals surface area contributed by atoms with E-state index in [-0.39, 0.29) is 5.95 Å². The van der Waals surface area contributed by atoms with Crippen molar-refractivity contribution < 1.29 is 5.11 Å². The summed E-state index contributed by atoms with van der Waals surface area (Å²) in [5.74, 6) is 6.28. The van der Waals surface area contributed by atoms with E-state index in [1.54, 1.807) is 61.3 Å². The fourth-order valence-electron chi connectivity index (χ4n) is 2.00. The molecule has 3 aromatic rings. The lowest BCUT2D eigenvalue weighted by atomic mass is 10.1. The van der Waals surface area contributed by atoms with Crippen LogP contribution < -0.4 is 11.1 Å². The summed E-state index contributed by atoms with van der Waals surface area (Å²) in [4.78, 5) is 11.7. The summed E-state index contributed by atoms with van der Waals surface area (Å²) in [6, 6.07) is 7.11. The number of rotatable bonds is 3. The van der Waals surface area contributed by atoms with Crippen LogP contribution in [0, 0.1) is 17.3 Å². The number of hydrogen-bond donors (Lipinski definition) is 4. The quantitative estimate of drug-likeness (QED) is 0.409. The van der Waals surface area contributed by atoms with Crippen molar-refractivity contribution >= 4 is 34.5 Å². The van der Waals surface area contributed by atoms with Crippen LogP contribution in [0.1, 0.15) is 25.0 Å². The van der Waals surface area contributed by atoms with Crippen LogP contribution in [0.5, 0.6) is 0 Å². The van der Waals surface area contributed by atoms with E-state index in [0.717, 1.165) is 11.1 Å². The largest absolute Gasteiger partial charge is 0.381 e. The molecule has 0 fully saturated rings. The predicted molar refractivity (Wildman–Crippen MR) is 109 cm³/mol. The standard InChI is InChI=1S/C16H17N5O.C3H3NS/c1-10(22)3-4-12-5-6-13(11(2)17)14(9-12)20-15-7-8-19-16(18)21-15;1-2-5-3-4-1/h5-10,17,22H,1-2H3,(H3,18,19,20,21);1-3H. The smallest absolute Gasteiger partial charge is 0.221 e. The van der Waals surface area contributed by atoms with Crippen LogP contribution >= 0.6 is 11.3 Å². The molecule has 2 aromatic heterocycles. The average molecular weight is 380 g/mol. The van der Waals surface area contributed by atoms with Crippen LogP contribution in [-0.2, 0) is 0 Å². The third kappa shape index (κ3) is 6.86. The Morgan fingerprint density at radius 1 is 1.33 bits per heavy atom. The number of nitrogens with zero attached hydrogens (tertiary/aromatic N) is 3. The summed E-state index contributed by atoms with van der Waals surface area (Å²) in [5, 5.41) is 22.1. The molecule has 0 spiro atoms. The third-order valence-corrected chi connectivity index (χ3v) is 3.66. The maximum atomic E-state index is 9.24. The molecule has 0 amide bonds. The lowest BCUT2D eigenvalue weighted by molar-refractivity contribution is 0.253. The molecule has 8 heteroatoms. The van der Waals surface area contributed by atoms with Gasteiger partial charge in [-0.15, -0.1) is 11.3 Å². The molecule has 0 saturated heterocycles. The van der Waals surface area contributed by atoms with Gasteiger partial charge in [-0.2, -0.15) is 4.98 Å². The number of aliphatic hydroxyl groups excluding tert-OH is 1. The average Bonchev–Trinajstić information content (AvgIpc) is 3.20. The highest BCUT2D eigenvalue weighted by molar-refractivity contribution is 7.07. The lowest BCUT2D eigenvalue weighted by Gasteiger charge is -2.11. The summed E-state index contributed by atoms with van der Waals surface area (Å²) >= 11 is 1.60. The maximum Gasteiger partial charge on any atom is 0.221 e. The predicted octanol–water partition coefficient (Wildman–Crippen LogP) is 3.07. The second kappa shape index (κ2) is 10.0. The second-order valence-corrected chi connectivity index (χ2v) is 6.19. The first kappa shape index (κ1) is 20.0. The van der Waals surface area contributed by atoms with Gasteiger partial charge in [-0.25, -0.2) is 4.98 Å². The molecule has 27 heavy (non-hydrogen) atoms. The van der Waals surface area contributed by atoms with E-state index in [4.69, 9.17) is 11.1 Å². The van der Waals surface area contributed by atoms with Gasteiger partial charge < -0.3 is 21.6 Å². The molecule has 5 N–H and O–H groups in total. The van der Waals surface area contributed by atoms with Gasteiger partial charge in [0.1, 0.15) is 11.9 Å². The van der Waals surface area contributed by atoms with Crippen LogP contribution in [0.2, 0.25) is 0 Å². The number of nitrogens with two attached hydrogens (primary N) is 1. The first-order valence-electron chi connectivity index (χ1n) is 8.02. The topological polar surface area (TPSA) is 121 Å². The Labute approximate surface area is 161 Å². The summed E-state index contributed by atoms with van der Waals surface area (Å²) in [7, 11) is 0. The van der Waals surface area contributed by atoms with E-state index in [0.29, 0.717) is 17.2 Å². The van der Waals surface area contributed by atoms with Crippen molar-refractivity contribution in [2.45, 2.75) is 20.0 Å². The van der Waals surface area contributed by atoms with Gasteiger partial charge >= 0.3 is 0 Å². The third-order valence-electron chi connectivity index (χ3n) is 3.13. The van der Waals surface area contributed by atoms with Gasteiger partial charge in [-0.3, -0.25) is 4.98 Å². The summed E-state index contributed by atoms with van der Waals surface area (Å²) < 4.78 is 0. The molecule has 0 bridgehead atoms. The number of thiazole rings is 1. The van der Waals surface area contributed by atoms with E-state index in [1.165, 1.54) is 0 Å². The minimum atomic E-state index is -0.692. The molecular formula is C19H20N6OS. The Bertz CT molecular complexity index is 927. The number of aliphatic hydroxyl groups is 1. The van der Waals surface area contributed by atoms with E-state index in [9.17, 15) is 5.11 Å². The van der Waals surface area contributed by atoms with Gasteiger partial charge in [-0.05, 0) is 38.1 Å². The molecule has 7 nitrogen and oxygen atoms in total. The number of nitrogens with one attached hydrogen (secondary N) is 2. The molecule has 0 aliphatic carbocycles. The first-order chi connectivity index (χ1) is 13.0. The number of hydrogen-bond acceptors (Lipinski definition) is 8.